The zero-order valence-corrected chi connectivity index (χ0v) is 13.5. The van der Waals surface area contributed by atoms with Gasteiger partial charge in [-0.25, -0.2) is 0 Å². The molecule has 112 valence electrons. The number of anilines is 1. The number of nitrogens with two attached hydrogens (primary N) is 1. The number of amides is 1. The number of morpholine rings is 1. The summed E-state index contributed by atoms with van der Waals surface area (Å²) in [4.78, 5) is 15.1. The molecule has 1 fully saturated rings. The zero-order chi connectivity index (χ0) is 15.1. The third-order valence-electron chi connectivity index (χ3n) is 3.59. The molecular formula is C15H17ClN2O2S. The van der Waals surface area contributed by atoms with Gasteiger partial charge < -0.3 is 15.4 Å². The molecule has 1 aromatic heterocycles. The summed E-state index contributed by atoms with van der Waals surface area (Å²) in [5.41, 5.74) is 6.68. The van der Waals surface area contributed by atoms with E-state index in [0.717, 1.165) is 10.1 Å². The van der Waals surface area contributed by atoms with Gasteiger partial charge in [-0.15, -0.1) is 11.3 Å². The van der Waals surface area contributed by atoms with Crippen LogP contribution in [-0.2, 0) is 4.74 Å². The summed E-state index contributed by atoms with van der Waals surface area (Å²) in [6.45, 7) is 5.14. The number of fused-ring (bicyclic) bond motifs is 1. The number of nitrogens with zero attached hydrogens (tertiary/aromatic N) is 1. The minimum absolute atomic E-state index is 0.0215. The van der Waals surface area contributed by atoms with Crippen molar-refractivity contribution in [1.29, 1.82) is 0 Å². The van der Waals surface area contributed by atoms with E-state index in [2.05, 4.69) is 0 Å². The average Bonchev–Trinajstić information content (AvgIpc) is 2.74. The number of carbonyl (C=O) groups is 1. The van der Waals surface area contributed by atoms with Gasteiger partial charge in [0.05, 0.1) is 17.9 Å². The van der Waals surface area contributed by atoms with Crippen LogP contribution in [0.5, 0.6) is 0 Å². The van der Waals surface area contributed by atoms with Gasteiger partial charge in [0.25, 0.3) is 5.91 Å². The Morgan fingerprint density at radius 2 is 2.05 bits per heavy atom. The molecule has 2 atom stereocenters. The Balaban J connectivity index is 1.96. The lowest BCUT2D eigenvalue weighted by Crippen LogP contribution is -2.48. The number of thiophene rings is 1. The van der Waals surface area contributed by atoms with Gasteiger partial charge in [-0.2, -0.15) is 0 Å². The second kappa shape index (κ2) is 5.48. The first kappa shape index (κ1) is 14.6. The Labute approximate surface area is 132 Å². The molecule has 4 nitrogen and oxygen atoms in total. The summed E-state index contributed by atoms with van der Waals surface area (Å²) < 4.78 is 6.65. The monoisotopic (exact) mass is 324 g/mol. The van der Waals surface area contributed by atoms with Crippen LogP contribution in [0.3, 0.4) is 0 Å². The second-order valence-electron chi connectivity index (χ2n) is 5.45. The van der Waals surface area contributed by atoms with E-state index in [1.54, 1.807) is 0 Å². The number of nitrogen functional groups attached to an aromatic ring is 1. The van der Waals surface area contributed by atoms with Gasteiger partial charge in [-0.05, 0) is 32.0 Å². The number of hydrogen-bond acceptors (Lipinski definition) is 4. The fraction of sp³-hybridized carbons (Fsp3) is 0.400. The Bertz CT molecular complexity index is 690. The minimum Gasteiger partial charge on any atom is -0.397 e. The van der Waals surface area contributed by atoms with Crippen LogP contribution in [0.1, 0.15) is 23.5 Å². The number of carbonyl (C=O) groups excluding carboxylic acids is 1. The molecule has 2 heterocycles. The molecule has 1 saturated heterocycles. The van der Waals surface area contributed by atoms with Gasteiger partial charge >= 0.3 is 0 Å². The normalized spacial score (nSPS) is 22.7. The van der Waals surface area contributed by atoms with E-state index in [-0.39, 0.29) is 18.1 Å². The molecule has 1 aliphatic heterocycles. The predicted molar refractivity (Wildman–Crippen MR) is 87.2 cm³/mol. The molecule has 0 radical (unpaired) electrons. The summed E-state index contributed by atoms with van der Waals surface area (Å²) in [6, 6.07) is 5.52. The Hall–Kier alpha value is -1.30. The fourth-order valence-electron chi connectivity index (χ4n) is 2.74. The molecule has 2 N–H and O–H groups in total. The summed E-state index contributed by atoms with van der Waals surface area (Å²) in [7, 11) is 0. The Kier molecular flexibility index (Phi) is 3.82. The maximum absolute atomic E-state index is 12.7. The third kappa shape index (κ3) is 2.73. The van der Waals surface area contributed by atoms with Crippen molar-refractivity contribution in [2.45, 2.75) is 26.1 Å². The van der Waals surface area contributed by atoms with Gasteiger partial charge in [0.1, 0.15) is 4.88 Å². The lowest BCUT2D eigenvalue weighted by atomic mass is 10.2. The lowest BCUT2D eigenvalue weighted by Gasteiger charge is -2.35. The van der Waals surface area contributed by atoms with Crippen molar-refractivity contribution < 1.29 is 9.53 Å². The smallest absolute Gasteiger partial charge is 0.266 e. The molecular weight excluding hydrogens is 308 g/mol. The average molecular weight is 325 g/mol. The number of rotatable bonds is 1. The van der Waals surface area contributed by atoms with E-state index >= 15 is 0 Å². The molecule has 1 amide bonds. The molecule has 6 heteroatoms. The van der Waals surface area contributed by atoms with Gasteiger partial charge in [0.15, 0.2) is 0 Å². The highest BCUT2D eigenvalue weighted by Gasteiger charge is 2.29. The molecule has 3 rings (SSSR count). The van der Waals surface area contributed by atoms with Gasteiger partial charge in [0.2, 0.25) is 0 Å². The fourth-order valence-corrected chi connectivity index (χ4v) is 3.98. The van der Waals surface area contributed by atoms with E-state index in [9.17, 15) is 4.79 Å². The first-order chi connectivity index (χ1) is 9.95. The van der Waals surface area contributed by atoms with Crippen LogP contribution in [0.15, 0.2) is 18.2 Å². The number of hydrogen-bond donors (Lipinski definition) is 1. The second-order valence-corrected chi connectivity index (χ2v) is 6.94. The van der Waals surface area contributed by atoms with Gasteiger partial charge in [0, 0.05) is 28.2 Å². The summed E-state index contributed by atoms with van der Waals surface area (Å²) >= 11 is 7.42. The molecule has 0 unspecified atom stereocenters. The first-order valence-corrected chi connectivity index (χ1v) is 8.07. The number of halogens is 1. The maximum atomic E-state index is 12.7. The van der Waals surface area contributed by atoms with Crippen LogP contribution in [0.25, 0.3) is 10.1 Å². The van der Waals surface area contributed by atoms with Crippen LogP contribution in [0.2, 0.25) is 5.02 Å². The molecule has 0 aliphatic carbocycles. The Morgan fingerprint density at radius 1 is 1.38 bits per heavy atom. The molecule has 1 aliphatic rings. The predicted octanol–water partition coefficient (Wildman–Crippen LogP) is 3.39. The molecule has 0 saturated carbocycles. The number of benzene rings is 1. The van der Waals surface area contributed by atoms with Crippen LogP contribution in [0.4, 0.5) is 5.69 Å². The zero-order valence-electron chi connectivity index (χ0n) is 11.9. The van der Waals surface area contributed by atoms with E-state index < -0.39 is 0 Å². The van der Waals surface area contributed by atoms with Crippen LogP contribution < -0.4 is 5.73 Å². The standard InChI is InChI=1S/C15H17ClN2O2S/c1-8-6-18(7-9(2)20-8)15(19)14-13(17)11-5-10(16)3-4-12(11)21-14/h3-5,8-9H,6-7,17H2,1-2H3/t8-,9+. The largest absolute Gasteiger partial charge is 0.397 e. The Morgan fingerprint density at radius 3 is 2.71 bits per heavy atom. The van der Waals surface area contributed by atoms with E-state index in [4.69, 9.17) is 22.1 Å². The van der Waals surface area contributed by atoms with Crippen molar-refractivity contribution >= 4 is 44.6 Å². The van der Waals surface area contributed by atoms with Crippen LogP contribution in [0, 0.1) is 0 Å². The maximum Gasteiger partial charge on any atom is 0.266 e. The topological polar surface area (TPSA) is 55.6 Å². The molecule has 21 heavy (non-hydrogen) atoms. The van der Waals surface area contributed by atoms with Crippen molar-refractivity contribution in [2.24, 2.45) is 0 Å². The highest BCUT2D eigenvalue weighted by Crippen LogP contribution is 2.36. The SMILES string of the molecule is C[C@@H]1CN(C(=O)c2sc3ccc(Cl)cc3c2N)C[C@H](C)O1. The lowest BCUT2D eigenvalue weighted by molar-refractivity contribution is -0.0584. The van der Waals surface area contributed by atoms with Crippen molar-refractivity contribution in [3.63, 3.8) is 0 Å². The molecule has 2 aromatic rings. The van der Waals surface area contributed by atoms with Crippen molar-refractivity contribution in [2.75, 3.05) is 18.8 Å². The summed E-state index contributed by atoms with van der Waals surface area (Å²) in [6.07, 6.45) is 0.0884. The molecule has 0 spiro atoms. The van der Waals surface area contributed by atoms with Gasteiger partial charge in [-0.3, -0.25) is 4.79 Å². The van der Waals surface area contributed by atoms with Crippen molar-refractivity contribution in [1.82, 2.24) is 4.90 Å². The van der Waals surface area contributed by atoms with Gasteiger partial charge in [-0.1, -0.05) is 11.6 Å². The quantitative estimate of drug-likeness (QED) is 0.874. The highest BCUT2D eigenvalue weighted by atomic mass is 35.5. The van der Waals surface area contributed by atoms with Crippen molar-refractivity contribution in [3.05, 3.63) is 28.1 Å². The first-order valence-electron chi connectivity index (χ1n) is 6.88. The highest BCUT2D eigenvalue weighted by molar-refractivity contribution is 7.21. The summed E-state index contributed by atoms with van der Waals surface area (Å²) in [5, 5.41) is 1.48. The van der Waals surface area contributed by atoms with Crippen molar-refractivity contribution in [3.8, 4) is 0 Å². The summed E-state index contributed by atoms with van der Waals surface area (Å²) in [5.74, 6) is -0.0215. The molecule has 0 bridgehead atoms. The molecule has 1 aromatic carbocycles. The van der Waals surface area contributed by atoms with E-state index in [1.165, 1.54) is 11.3 Å². The van der Waals surface area contributed by atoms with E-state index in [1.807, 2.05) is 36.9 Å². The van der Waals surface area contributed by atoms with Crippen LogP contribution in [-0.4, -0.2) is 36.1 Å². The van der Waals surface area contributed by atoms with E-state index in [0.29, 0.717) is 28.7 Å². The minimum atomic E-state index is -0.0215. The number of ether oxygens (including phenoxy) is 1. The third-order valence-corrected chi connectivity index (χ3v) is 5.00. The van der Waals surface area contributed by atoms with Crippen LogP contribution >= 0.6 is 22.9 Å².